The molecule has 4 aromatic rings. The molecule has 3 nitrogen and oxygen atoms in total. The third-order valence-electron chi connectivity index (χ3n) is 3.76. The van der Waals surface area contributed by atoms with E-state index in [0.29, 0.717) is 0 Å². The lowest BCUT2D eigenvalue weighted by Crippen LogP contribution is -1.87. The Balaban J connectivity index is 2.02. The second-order valence-electron chi connectivity index (χ2n) is 5.41. The van der Waals surface area contributed by atoms with E-state index in [1.807, 2.05) is 36.0 Å². The van der Waals surface area contributed by atoms with Crippen LogP contribution in [0.15, 0.2) is 65.7 Å². The van der Waals surface area contributed by atoms with E-state index < -0.39 is 0 Å². The molecule has 0 aliphatic heterocycles. The number of rotatable bonds is 4. The lowest BCUT2D eigenvalue weighted by Gasteiger charge is -2.03. The second kappa shape index (κ2) is 6.05. The molecule has 0 fully saturated rings. The lowest BCUT2D eigenvalue weighted by atomic mass is 10.2. The van der Waals surface area contributed by atoms with Gasteiger partial charge in [-0.15, -0.1) is 11.8 Å². The van der Waals surface area contributed by atoms with E-state index in [0.717, 1.165) is 40.2 Å². The third-order valence-corrected chi connectivity index (χ3v) is 5.02. The number of hydrogen-bond acceptors (Lipinski definition) is 3. The van der Waals surface area contributed by atoms with Crippen LogP contribution in [0.25, 0.3) is 28.1 Å². The van der Waals surface area contributed by atoms with Crippen LogP contribution in [0.3, 0.4) is 0 Å². The lowest BCUT2D eigenvalue weighted by molar-refractivity contribution is 1.07. The Morgan fingerprint density at radius 1 is 0.913 bits per heavy atom. The molecule has 0 saturated heterocycles. The monoisotopic (exact) mass is 319 g/mol. The van der Waals surface area contributed by atoms with Crippen molar-refractivity contribution in [2.24, 2.45) is 0 Å². The minimum atomic E-state index is 0.781. The molecule has 0 amide bonds. The summed E-state index contributed by atoms with van der Waals surface area (Å²) < 4.78 is 2.19. The van der Waals surface area contributed by atoms with E-state index in [-0.39, 0.29) is 0 Å². The molecule has 0 aliphatic carbocycles. The first-order valence-electron chi connectivity index (χ1n) is 7.84. The highest BCUT2D eigenvalue weighted by atomic mass is 32.2. The molecule has 0 unspecified atom stereocenters. The van der Waals surface area contributed by atoms with Crippen LogP contribution in [0.1, 0.15) is 13.3 Å². The van der Waals surface area contributed by atoms with Gasteiger partial charge in [-0.2, -0.15) is 0 Å². The van der Waals surface area contributed by atoms with Crippen LogP contribution >= 0.6 is 11.8 Å². The van der Waals surface area contributed by atoms with Gasteiger partial charge in [0.15, 0.2) is 0 Å². The van der Waals surface area contributed by atoms with Crippen molar-refractivity contribution in [2.45, 2.75) is 18.4 Å². The van der Waals surface area contributed by atoms with Crippen molar-refractivity contribution in [3.05, 3.63) is 60.7 Å². The predicted octanol–water partition coefficient (Wildman–Crippen LogP) is 5.05. The summed E-state index contributed by atoms with van der Waals surface area (Å²) in [5.41, 5.74) is 4.26. The number of imidazole rings is 2. The molecule has 4 heteroatoms. The first kappa shape index (κ1) is 14.3. The van der Waals surface area contributed by atoms with Gasteiger partial charge >= 0.3 is 0 Å². The van der Waals surface area contributed by atoms with Gasteiger partial charge < -0.3 is 0 Å². The van der Waals surface area contributed by atoms with Crippen molar-refractivity contribution in [3.8, 4) is 11.3 Å². The van der Waals surface area contributed by atoms with Crippen molar-refractivity contribution in [1.82, 2.24) is 14.4 Å². The largest absolute Gasteiger partial charge is 0.269 e. The fourth-order valence-electron chi connectivity index (χ4n) is 2.72. The Morgan fingerprint density at radius 3 is 2.43 bits per heavy atom. The molecule has 0 atom stereocenters. The Morgan fingerprint density at radius 2 is 1.65 bits per heavy atom. The molecule has 2 heterocycles. The summed E-state index contributed by atoms with van der Waals surface area (Å²) >= 11 is 1.85. The Labute approximate surface area is 139 Å². The van der Waals surface area contributed by atoms with Gasteiger partial charge in [-0.25, -0.2) is 9.97 Å². The number of benzene rings is 1. The summed E-state index contributed by atoms with van der Waals surface area (Å²) in [6.45, 7) is 2.20. The Bertz CT molecular complexity index is 960. The molecule has 0 N–H and O–H groups in total. The number of aromatic nitrogens is 3. The van der Waals surface area contributed by atoms with Crippen molar-refractivity contribution < 1.29 is 0 Å². The molecular formula is C19H17N3S. The maximum atomic E-state index is 4.82. The van der Waals surface area contributed by atoms with Gasteiger partial charge in [0.1, 0.15) is 10.7 Å². The average molecular weight is 319 g/mol. The molecule has 0 aliphatic rings. The summed E-state index contributed by atoms with van der Waals surface area (Å²) in [4.78, 5) is 9.53. The van der Waals surface area contributed by atoms with Gasteiger partial charge in [-0.3, -0.25) is 4.40 Å². The molecular weight excluding hydrogens is 302 g/mol. The van der Waals surface area contributed by atoms with Gasteiger partial charge in [0.25, 0.3) is 0 Å². The first-order chi connectivity index (χ1) is 11.4. The highest BCUT2D eigenvalue weighted by Crippen LogP contribution is 2.34. The molecule has 2 aromatic heterocycles. The van der Waals surface area contributed by atoms with Crippen LogP contribution in [0, 0.1) is 0 Å². The van der Waals surface area contributed by atoms with E-state index in [1.165, 1.54) is 5.03 Å². The van der Waals surface area contributed by atoms with Crippen LogP contribution in [0.4, 0.5) is 0 Å². The summed E-state index contributed by atoms with van der Waals surface area (Å²) in [6, 6.07) is 20.6. The maximum absolute atomic E-state index is 4.82. The van der Waals surface area contributed by atoms with Crippen LogP contribution in [-0.2, 0) is 0 Å². The van der Waals surface area contributed by atoms with Gasteiger partial charge in [-0.05, 0) is 24.3 Å². The van der Waals surface area contributed by atoms with E-state index in [4.69, 9.17) is 9.97 Å². The van der Waals surface area contributed by atoms with Crippen LogP contribution in [0.5, 0.6) is 0 Å². The van der Waals surface area contributed by atoms with E-state index in [1.54, 1.807) is 0 Å². The number of thioether (sulfide) groups is 1. The fourth-order valence-corrected chi connectivity index (χ4v) is 3.73. The van der Waals surface area contributed by atoms with Gasteiger partial charge in [0.05, 0.1) is 11.0 Å². The Hall–Kier alpha value is -2.33. The first-order valence-corrected chi connectivity index (χ1v) is 8.82. The van der Waals surface area contributed by atoms with Crippen LogP contribution in [0.2, 0.25) is 0 Å². The van der Waals surface area contributed by atoms with Gasteiger partial charge in [0.2, 0.25) is 5.78 Å². The number of nitrogens with zero attached hydrogens (tertiary/aromatic N) is 3. The van der Waals surface area contributed by atoms with Crippen molar-refractivity contribution in [3.63, 3.8) is 0 Å². The van der Waals surface area contributed by atoms with Gasteiger partial charge in [-0.1, -0.05) is 55.5 Å². The van der Waals surface area contributed by atoms with E-state index in [2.05, 4.69) is 47.7 Å². The molecule has 0 bridgehead atoms. The summed E-state index contributed by atoms with van der Waals surface area (Å²) in [7, 11) is 0. The quantitative estimate of drug-likeness (QED) is 0.493. The van der Waals surface area contributed by atoms with Crippen molar-refractivity contribution in [2.75, 3.05) is 5.75 Å². The van der Waals surface area contributed by atoms with Crippen molar-refractivity contribution in [1.29, 1.82) is 0 Å². The van der Waals surface area contributed by atoms with Crippen LogP contribution < -0.4 is 0 Å². The molecule has 0 radical (unpaired) electrons. The minimum Gasteiger partial charge on any atom is -0.269 e. The molecule has 0 saturated carbocycles. The second-order valence-corrected chi connectivity index (χ2v) is 6.49. The minimum absolute atomic E-state index is 0.781. The molecule has 4 rings (SSSR count). The molecule has 0 spiro atoms. The van der Waals surface area contributed by atoms with E-state index >= 15 is 0 Å². The average Bonchev–Trinajstić information content (AvgIpc) is 3.01. The number of hydrogen-bond donors (Lipinski definition) is 0. The zero-order chi connectivity index (χ0) is 15.6. The zero-order valence-electron chi connectivity index (χ0n) is 12.9. The number of fused-ring (bicyclic) bond motifs is 3. The van der Waals surface area contributed by atoms with Crippen molar-refractivity contribution >= 4 is 28.6 Å². The Kier molecular flexibility index (Phi) is 3.75. The molecule has 2 aromatic carbocycles. The highest BCUT2D eigenvalue weighted by molar-refractivity contribution is 7.99. The fraction of sp³-hybridized carbons (Fsp3) is 0.158. The molecule has 23 heavy (non-hydrogen) atoms. The highest BCUT2D eigenvalue weighted by Gasteiger charge is 2.18. The van der Waals surface area contributed by atoms with E-state index in [9.17, 15) is 0 Å². The van der Waals surface area contributed by atoms with Crippen LogP contribution in [-0.4, -0.2) is 20.1 Å². The summed E-state index contributed by atoms with van der Waals surface area (Å²) in [5.74, 6) is 1.85. The standard InChI is InChI=1S/C19H17N3S/c1-2-13-23-18-17(14-9-5-3-6-10-14)21-19-20-15-11-7-4-8-12-16(15)22(18)19/h3-12H,2,13H2,1H3. The topological polar surface area (TPSA) is 30.2 Å². The zero-order valence-corrected chi connectivity index (χ0v) is 13.8. The normalized spacial score (nSPS) is 11.3. The third kappa shape index (κ3) is 2.49. The predicted molar refractivity (Wildman–Crippen MR) is 96.9 cm³/mol. The van der Waals surface area contributed by atoms with Gasteiger partial charge in [0, 0.05) is 5.56 Å². The SMILES string of the molecule is CCCSc1c(-c2ccccc2)nc2nc3cccccc3n12. The molecule has 114 valence electrons. The summed E-state index contributed by atoms with van der Waals surface area (Å²) in [6.07, 6.45) is 1.13. The maximum Gasteiger partial charge on any atom is 0.236 e. The smallest absolute Gasteiger partial charge is 0.236 e. The summed E-state index contributed by atoms with van der Waals surface area (Å²) in [5, 5.41) is 1.18.